The topological polar surface area (TPSA) is 48.6 Å². The molecular weight excluding hydrogens is 304 g/mol. The predicted octanol–water partition coefficient (Wildman–Crippen LogP) is 6.50. The fourth-order valence-corrected chi connectivity index (χ4v) is 3.03. The summed E-state index contributed by atoms with van der Waals surface area (Å²) in [6, 6.07) is 0. The molecule has 1 saturated heterocycles. The van der Waals surface area contributed by atoms with Gasteiger partial charge in [-0.05, 0) is 24.2 Å². The monoisotopic (exact) mass is 354 g/mol. The first-order chi connectivity index (χ1) is 10.3. The number of hydrogen-bond acceptors (Lipinski definition) is 1. The fourth-order valence-electron chi connectivity index (χ4n) is 1.39. The molecule has 2 nitrogen and oxygen atoms in total. The normalized spacial score (nSPS) is 18.0. The van der Waals surface area contributed by atoms with Crippen LogP contribution in [0.1, 0.15) is 102 Å². The zero-order valence-corrected chi connectivity index (χ0v) is 19.1. The Kier molecular flexibility index (Phi) is 45.0. The lowest BCUT2D eigenvalue weighted by Gasteiger charge is -1.95. The first kappa shape index (κ1) is 34.4. The van der Waals surface area contributed by atoms with Gasteiger partial charge in [0.1, 0.15) is 0 Å². The predicted molar refractivity (Wildman–Crippen MR) is 113 cm³/mol. The highest BCUT2D eigenvalue weighted by atomic mass is 32.2. The standard InChI is InChI=1S/C6H14.C5H10OS.C5H12.2C2H6.H2O/c1-4-5-6(2)3;1-5-2-3-7(6)4-5;1-4-5(2)3;2*1-2;/h6H,4-5H2,1-3H3;5H,2-4H2,1H3;5H,4H2,1-3H3;2*1-2H3;1H2. The minimum Gasteiger partial charge on any atom is -0.412 e. The van der Waals surface area contributed by atoms with Crippen molar-refractivity contribution in [3.05, 3.63) is 0 Å². The molecule has 1 heterocycles. The van der Waals surface area contributed by atoms with Crippen LogP contribution < -0.4 is 0 Å². The van der Waals surface area contributed by atoms with Crippen LogP contribution in [-0.2, 0) is 10.8 Å². The minimum absolute atomic E-state index is 0. The molecule has 0 spiro atoms. The largest absolute Gasteiger partial charge is 0.412 e. The Labute approximate surface area is 152 Å². The lowest BCUT2D eigenvalue weighted by Crippen LogP contribution is -1.92. The Hall–Kier alpha value is 0.110. The molecule has 1 aliphatic rings. The molecule has 2 N–H and O–H groups in total. The van der Waals surface area contributed by atoms with E-state index in [2.05, 4.69) is 48.5 Å². The molecule has 0 saturated carbocycles. The zero-order chi connectivity index (χ0) is 18.6. The average molecular weight is 355 g/mol. The van der Waals surface area contributed by atoms with Crippen LogP contribution in [0.4, 0.5) is 0 Å². The van der Waals surface area contributed by atoms with Gasteiger partial charge in [0.15, 0.2) is 0 Å². The van der Waals surface area contributed by atoms with E-state index < -0.39 is 10.8 Å². The minimum atomic E-state index is -0.453. The fraction of sp³-hybridized carbons (Fsp3) is 1.00. The summed E-state index contributed by atoms with van der Waals surface area (Å²) in [5.74, 6) is 4.40. The van der Waals surface area contributed by atoms with Gasteiger partial charge in [0.25, 0.3) is 0 Å². The molecule has 0 bridgehead atoms. The molecular formula is C20H50O2S. The third-order valence-corrected chi connectivity index (χ3v) is 4.62. The molecule has 148 valence electrons. The Balaban J connectivity index is -0.0000000629. The average Bonchev–Trinajstić information content (AvgIpc) is 2.88. The van der Waals surface area contributed by atoms with E-state index in [9.17, 15) is 4.21 Å². The molecule has 23 heavy (non-hydrogen) atoms. The van der Waals surface area contributed by atoms with Gasteiger partial charge in [-0.25, -0.2) is 0 Å². The molecule has 1 fully saturated rings. The van der Waals surface area contributed by atoms with Crippen molar-refractivity contribution in [1.29, 1.82) is 0 Å². The smallest absolute Gasteiger partial charge is 0.0260 e. The molecule has 1 aliphatic heterocycles. The maximum absolute atomic E-state index is 10.6. The summed E-state index contributed by atoms with van der Waals surface area (Å²) in [5.41, 5.74) is 0. The highest BCUT2D eigenvalue weighted by Gasteiger charge is 2.15. The summed E-state index contributed by atoms with van der Waals surface area (Å²) in [6.45, 7) is 23.5. The zero-order valence-electron chi connectivity index (χ0n) is 18.3. The second-order valence-electron chi connectivity index (χ2n) is 6.19. The van der Waals surface area contributed by atoms with E-state index in [4.69, 9.17) is 0 Å². The second-order valence-corrected chi connectivity index (χ2v) is 7.81. The number of hydrogen-bond donors (Lipinski definition) is 0. The van der Waals surface area contributed by atoms with Crippen molar-refractivity contribution in [3.63, 3.8) is 0 Å². The summed E-state index contributed by atoms with van der Waals surface area (Å²) >= 11 is 0. The molecule has 0 aromatic rings. The van der Waals surface area contributed by atoms with Crippen LogP contribution in [0, 0.1) is 17.8 Å². The van der Waals surface area contributed by atoms with E-state index in [-0.39, 0.29) is 5.48 Å². The van der Waals surface area contributed by atoms with Gasteiger partial charge in [-0.15, -0.1) is 0 Å². The van der Waals surface area contributed by atoms with Crippen LogP contribution in [0.25, 0.3) is 0 Å². The first-order valence-electron chi connectivity index (χ1n) is 9.68. The third-order valence-electron chi connectivity index (χ3n) is 2.99. The maximum Gasteiger partial charge on any atom is 0.0260 e. The van der Waals surface area contributed by atoms with Gasteiger partial charge in [0.05, 0.1) is 0 Å². The van der Waals surface area contributed by atoms with Gasteiger partial charge < -0.3 is 5.48 Å². The number of rotatable bonds is 3. The SMILES string of the molecule is CC.CC.CC1CCS(=O)C1.CCC(C)C.CCCC(C)C.O. The lowest BCUT2D eigenvalue weighted by atomic mass is 10.1. The summed E-state index contributed by atoms with van der Waals surface area (Å²) < 4.78 is 10.6. The Morgan fingerprint density at radius 1 is 0.957 bits per heavy atom. The van der Waals surface area contributed by atoms with Crippen molar-refractivity contribution >= 4 is 10.8 Å². The Morgan fingerprint density at radius 2 is 1.35 bits per heavy atom. The van der Waals surface area contributed by atoms with Crippen molar-refractivity contribution in [2.24, 2.45) is 17.8 Å². The van der Waals surface area contributed by atoms with Crippen LogP contribution in [0.15, 0.2) is 0 Å². The summed E-state index contributed by atoms with van der Waals surface area (Å²) in [5, 5.41) is 0. The highest BCUT2D eigenvalue weighted by Crippen LogP contribution is 2.12. The van der Waals surface area contributed by atoms with Crippen molar-refractivity contribution in [2.45, 2.75) is 102 Å². The molecule has 3 heteroatoms. The van der Waals surface area contributed by atoms with E-state index in [1.807, 2.05) is 27.7 Å². The second kappa shape index (κ2) is 30.0. The van der Waals surface area contributed by atoms with Gasteiger partial charge >= 0.3 is 0 Å². The van der Waals surface area contributed by atoms with Crippen molar-refractivity contribution in [1.82, 2.24) is 0 Å². The summed E-state index contributed by atoms with van der Waals surface area (Å²) in [6.07, 6.45) is 5.18. The Morgan fingerprint density at radius 3 is 1.39 bits per heavy atom. The summed E-state index contributed by atoms with van der Waals surface area (Å²) in [4.78, 5) is 0. The lowest BCUT2D eigenvalue weighted by molar-refractivity contribution is 0.576. The molecule has 0 amide bonds. The highest BCUT2D eigenvalue weighted by molar-refractivity contribution is 7.85. The van der Waals surface area contributed by atoms with Crippen molar-refractivity contribution < 1.29 is 9.69 Å². The van der Waals surface area contributed by atoms with Crippen molar-refractivity contribution in [2.75, 3.05) is 11.5 Å². The van der Waals surface area contributed by atoms with E-state index >= 15 is 0 Å². The van der Waals surface area contributed by atoms with Crippen LogP contribution >= 0.6 is 0 Å². The Bertz CT molecular complexity index is 192. The molecule has 0 aromatic heterocycles. The third kappa shape index (κ3) is 44.9. The molecule has 0 radical (unpaired) electrons. The van der Waals surface area contributed by atoms with Gasteiger partial charge in [-0.2, -0.15) is 0 Å². The molecule has 1 rings (SSSR count). The summed E-state index contributed by atoms with van der Waals surface area (Å²) in [7, 11) is -0.453. The van der Waals surface area contributed by atoms with Gasteiger partial charge in [-0.1, -0.05) is 95.4 Å². The van der Waals surface area contributed by atoms with E-state index in [0.29, 0.717) is 0 Å². The van der Waals surface area contributed by atoms with Crippen molar-refractivity contribution in [3.8, 4) is 0 Å². The first-order valence-corrected chi connectivity index (χ1v) is 11.2. The van der Waals surface area contributed by atoms with Crippen LogP contribution in [-0.4, -0.2) is 21.2 Å². The van der Waals surface area contributed by atoms with Gasteiger partial charge in [0, 0.05) is 22.3 Å². The van der Waals surface area contributed by atoms with Crippen LogP contribution in [0.3, 0.4) is 0 Å². The van der Waals surface area contributed by atoms with Crippen LogP contribution in [0.2, 0.25) is 0 Å². The molecule has 2 atom stereocenters. The van der Waals surface area contributed by atoms with Gasteiger partial charge in [-0.3, -0.25) is 4.21 Å². The van der Waals surface area contributed by atoms with E-state index in [0.717, 1.165) is 29.3 Å². The van der Waals surface area contributed by atoms with E-state index in [1.165, 1.54) is 25.7 Å². The maximum atomic E-state index is 10.6. The quantitative estimate of drug-likeness (QED) is 0.570. The molecule has 0 aromatic carbocycles. The molecule has 2 unspecified atom stereocenters. The molecule has 0 aliphatic carbocycles. The van der Waals surface area contributed by atoms with Gasteiger partial charge in [0.2, 0.25) is 0 Å². The van der Waals surface area contributed by atoms with E-state index in [1.54, 1.807) is 0 Å². The van der Waals surface area contributed by atoms with Crippen LogP contribution in [0.5, 0.6) is 0 Å².